The standard InChI is InChI=1S/C13H20N2O3.Na/c1-5-8-13(9(6-2)7-3)10(16)14-12(18)15(4)11(13)17;/h6H,5,7-8H2,1-4H3,(H,14,16,18);/q;+1/b9-6+;. The van der Waals surface area contributed by atoms with Crippen LogP contribution >= 0.6 is 0 Å². The van der Waals surface area contributed by atoms with Crippen LogP contribution in [0.1, 0.15) is 40.0 Å². The van der Waals surface area contributed by atoms with Crippen molar-refractivity contribution >= 4 is 17.8 Å². The molecule has 4 amide bonds. The largest absolute Gasteiger partial charge is 1.00 e. The van der Waals surface area contributed by atoms with Crippen molar-refractivity contribution in [2.75, 3.05) is 7.05 Å². The third-order valence-electron chi connectivity index (χ3n) is 3.48. The van der Waals surface area contributed by atoms with Gasteiger partial charge in [-0.15, -0.1) is 0 Å². The number of nitrogens with one attached hydrogen (secondary N) is 1. The molecular formula is C13H20N2NaO3+. The Morgan fingerprint density at radius 2 is 1.89 bits per heavy atom. The second kappa shape index (κ2) is 7.22. The summed E-state index contributed by atoms with van der Waals surface area (Å²) in [5.41, 5.74) is -0.438. The average molecular weight is 275 g/mol. The summed E-state index contributed by atoms with van der Waals surface area (Å²) in [6.45, 7) is 5.64. The van der Waals surface area contributed by atoms with Gasteiger partial charge in [0.2, 0.25) is 11.8 Å². The topological polar surface area (TPSA) is 66.5 Å². The van der Waals surface area contributed by atoms with Gasteiger partial charge in [-0.2, -0.15) is 0 Å². The number of carbonyl (C=O) groups is 3. The molecule has 1 saturated heterocycles. The molecule has 0 spiro atoms. The average Bonchev–Trinajstić information content (AvgIpc) is 2.35. The van der Waals surface area contributed by atoms with E-state index in [1.807, 2.05) is 20.8 Å². The van der Waals surface area contributed by atoms with E-state index >= 15 is 0 Å². The van der Waals surface area contributed by atoms with E-state index in [4.69, 9.17) is 0 Å². The van der Waals surface area contributed by atoms with Crippen LogP contribution < -0.4 is 34.9 Å². The molecule has 0 saturated carbocycles. The fourth-order valence-corrected chi connectivity index (χ4v) is 2.55. The van der Waals surface area contributed by atoms with Gasteiger partial charge in [-0.05, 0) is 25.3 Å². The Kier molecular flexibility index (Phi) is 6.97. The molecule has 1 rings (SSSR count). The van der Waals surface area contributed by atoms with Crippen molar-refractivity contribution in [2.24, 2.45) is 5.41 Å². The zero-order valence-corrected chi connectivity index (χ0v) is 14.4. The van der Waals surface area contributed by atoms with E-state index in [0.717, 1.165) is 10.5 Å². The molecule has 0 aromatic rings. The maximum atomic E-state index is 12.4. The molecule has 1 aliphatic rings. The van der Waals surface area contributed by atoms with Crippen molar-refractivity contribution in [1.82, 2.24) is 10.2 Å². The van der Waals surface area contributed by atoms with Crippen molar-refractivity contribution in [1.29, 1.82) is 0 Å². The zero-order chi connectivity index (χ0) is 13.9. The minimum Gasteiger partial charge on any atom is -0.276 e. The van der Waals surface area contributed by atoms with Crippen LogP contribution in [-0.2, 0) is 9.59 Å². The molecule has 1 fully saturated rings. The Morgan fingerprint density at radius 1 is 1.32 bits per heavy atom. The van der Waals surface area contributed by atoms with Gasteiger partial charge in [0.25, 0.3) is 0 Å². The Hall–Kier alpha value is -0.650. The van der Waals surface area contributed by atoms with Crippen LogP contribution in [0.25, 0.3) is 0 Å². The second-order valence-corrected chi connectivity index (χ2v) is 4.45. The van der Waals surface area contributed by atoms with Crippen molar-refractivity contribution in [3.63, 3.8) is 0 Å². The third kappa shape index (κ3) is 2.93. The third-order valence-corrected chi connectivity index (χ3v) is 3.48. The van der Waals surface area contributed by atoms with Gasteiger partial charge < -0.3 is 0 Å². The number of imide groups is 2. The number of hydrogen-bond acceptors (Lipinski definition) is 3. The monoisotopic (exact) mass is 275 g/mol. The van der Waals surface area contributed by atoms with Gasteiger partial charge in [-0.25, -0.2) is 4.79 Å². The van der Waals surface area contributed by atoms with Crippen LogP contribution in [0.15, 0.2) is 11.6 Å². The molecule has 0 radical (unpaired) electrons. The van der Waals surface area contributed by atoms with Gasteiger partial charge in [0.1, 0.15) is 5.41 Å². The molecule has 6 heteroatoms. The zero-order valence-electron chi connectivity index (χ0n) is 12.4. The number of allylic oxidation sites excluding steroid dienone is 1. The quantitative estimate of drug-likeness (QED) is 0.400. The molecule has 19 heavy (non-hydrogen) atoms. The summed E-state index contributed by atoms with van der Waals surface area (Å²) in [7, 11) is 1.40. The molecule has 1 unspecified atom stereocenters. The Morgan fingerprint density at radius 3 is 2.32 bits per heavy atom. The first-order valence-electron chi connectivity index (χ1n) is 6.24. The van der Waals surface area contributed by atoms with Crippen LogP contribution in [-0.4, -0.2) is 29.8 Å². The predicted molar refractivity (Wildman–Crippen MR) is 67.7 cm³/mol. The number of barbiturate groups is 1. The molecule has 1 atom stereocenters. The molecule has 1 N–H and O–H groups in total. The van der Waals surface area contributed by atoms with Crippen LogP contribution in [0.2, 0.25) is 0 Å². The van der Waals surface area contributed by atoms with Gasteiger partial charge in [-0.3, -0.25) is 19.8 Å². The maximum Gasteiger partial charge on any atom is 1.00 e. The summed E-state index contributed by atoms with van der Waals surface area (Å²) in [4.78, 5) is 37.1. The molecule has 0 aliphatic carbocycles. The van der Waals surface area contributed by atoms with E-state index in [9.17, 15) is 14.4 Å². The first-order chi connectivity index (χ1) is 8.45. The Labute approximate surface area is 136 Å². The number of hydrogen-bond donors (Lipinski definition) is 1. The smallest absolute Gasteiger partial charge is 0.276 e. The van der Waals surface area contributed by atoms with Crippen molar-refractivity contribution in [3.05, 3.63) is 11.6 Å². The van der Waals surface area contributed by atoms with E-state index in [2.05, 4.69) is 5.32 Å². The number of carbonyl (C=O) groups excluding carboxylic acids is 3. The number of rotatable bonds is 4. The molecule has 1 heterocycles. The van der Waals surface area contributed by atoms with Gasteiger partial charge >= 0.3 is 35.6 Å². The fourth-order valence-electron chi connectivity index (χ4n) is 2.55. The van der Waals surface area contributed by atoms with Crippen LogP contribution in [0, 0.1) is 5.41 Å². The number of amides is 4. The van der Waals surface area contributed by atoms with Crippen molar-refractivity contribution < 1.29 is 43.9 Å². The molecule has 0 aromatic heterocycles. The van der Waals surface area contributed by atoms with Gasteiger partial charge in [-0.1, -0.05) is 26.3 Å². The van der Waals surface area contributed by atoms with Crippen molar-refractivity contribution in [2.45, 2.75) is 40.0 Å². The minimum absolute atomic E-state index is 0. The van der Waals surface area contributed by atoms with Gasteiger partial charge in [0.15, 0.2) is 0 Å². The van der Waals surface area contributed by atoms with Crippen LogP contribution in [0.5, 0.6) is 0 Å². The van der Waals surface area contributed by atoms with Gasteiger partial charge in [0.05, 0.1) is 0 Å². The number of urea groups is 1. The first kappa shape index (κ1) is 18.4. The van der Waals surface area contributed by atoms with Crippen molar-refractivity contribution in [3.8, 4) is 0 Å². The summed E-state index contributed by atoms with van der Waals surface area (Å²) in [5.74, 6) is -0.916. The predicted octanol–water partition coefficient (Wildman–Crippen LogP) is -1.16. The maximum absolute atomic E-state index is 12.4. The summed E-state index contributed by atoms with van der Waals surface area (Å²) in [5, 5.41) is 2.27. The molecule has 0 aromatic carbocycles. The summed E-state index contributed by atoms with van der Waals surface area (Å²) in [6, 6.07) is -0.650. The molecular weight excluding hydrogens is 255 g/mol. The fraction of sp³-hybridized carbons (Fsp3) is 0.615. The van der Waals surface area contributed by atoms with E-state index < -0.39 is 23.3 Å². The van der Waals surface area contributed by atoms with E-state index in [-0.39, 0.29) is 29.6 Å². The molecule has 1 aliphatic heterocycles. The molecule has 0 bridgehead atoms. The van der Waals surface area contributed by atoms with E-state index in [1.165, 1.54) is 7.05 Å². The first-order valence-corrected chi connectivity index (χ1v) is 6.24. The van der Waals surface area contributed by atoms with E-state index in [0.29, 0.717) is 19.3 Å². The summed E-state index contributed by atoms with van der Waals surface area (Å²) >= 11 is 0. The summed E-state index contributed by atoms with van der Waals surface area (Å²) < 4.78 is 0. The van der Waals surface area contributed by atoms with Crippen LogP contribution in [0.3, 0.4) is 0 Å². The Bertz CT molecular complexity index is 420. The number of nitrogens with zero attached hydrogens (tertiary/aromatic N) is 1. The van der Waals surface area contributed by atoms with E-state index in [1.54, 1.807) is 6.08 Å². The summed E-state index contributed by atoms with van der Waals surface area (Å²) in [6.07, 6.45) is 3.52. The Balaban J connectivity index is 0.00000324. The SMILES string of the molecule is C/C=C(\CC)C1(CCC)C(=O)NC(=O)N(C)C1=O.[Na+]. The molecule has 100 valence electrons. The minimum atomic E-state index is -1.21. The van der Waals surface area contributed by atoms with Gasteiger partial charge in [0, 0.05) is 7.05 Å². The normalized spacial score (nSPS) is 24.1. The second-order valence-electron chi connectivity index (χ2n) is 4.45. The van der Waals surface area contributed by atoms with Crippen LogP contribution in [0.4, 0.5) is 4.79 Å². The molecule has 5 nitrogen and oxygen atoms in total.